The van der Waals surface area contributed by atoms with Gasteiger partial charge in [-0.1, -0.05) is 388 Å². The first-order chi connectivity index (χ1) is 47.1. The highest BCUT2D eigenvalue weighted by molar-refractivity contribution is 5.69. The van der Waals surface area contributed by atoms with Gasteiger partial charge in [0.05, 0.1) is 39.6 Å². The fourth-order valence-electron chi connectivity index (χ4n) is 13.2. The third-order valence-electron chi connectivity index (χ3n) is 19.5. The molecular weight excluding hydrogens is 1170 g/mol. The lowest BCUT2D eigenvalue weighted by molar-refractivity contribution is 0.234. The Morgan fingerprint density at radius 3 is 0.516 bits per heavy atom. The molecule has 1 heterocycles. The molecular formula is C86H154N2O7. The summed E-state index contributed by atoms with van der Waals surface area (Å²) < 4.78 is 47.8. The molecule has 0 spiro atoms. The Morgan fingerprint density at radius 2 is 0.347 bits per heavy atom. The molecule has 9 heteroatoms. The van der Waals surface area contributed by atoms with Crippen LogP contribution >= 0.6 is 0 Å². The molecule has 0 atom stereocenters. The fourth-order valence-corrected chi connectivity index (χ4v) is 13.2. The predicted octanol–water partition coefficient (Wildman–Crippen LogP) is 29.2. The van der Waals surface area contributed by atoms with Crippen LogP contribution in [0.4, 0.5) is 0 Å². The maximum atomic E-state index is 6.83. The quantitative estimate of drug-likeness (QED) is 0.0512. The molecule has 0 N–H and O–H groups in total. The number of unbranched alkanes of at least 4 members (excludes halogenated alkanes) is 54. The molecule has 0 amide bonds. The summed E-state index contributed by atoms with van der Waals surface area (Å²) >= 11 is 0. The Hall–Kier alpha value is -3.62. The zero-order chi connectivity index (χ0) is 67.6. The number of ether oxygens (including phenoxy) is 6. The van der Waals surface area contributed by atoms with Crippen molar-refractivity contribution in [2.45, 2.75) is 427 Å². The second-order valence-electron chi connectivity index (χ2n) is 28.7. The lowest BCUT2D eigenvalue weighted by Crippen LogP contribution is -2.07. The van der Waals surface area contributed by atoms with E-state index in [1.165, 1.54) is 308 Å². The molecule has 0 unspecified atom stereocenters. The van der Waals surface area contributed by atoms with Gasteiger partial charge in [-0.25, -0.2) is 0 Å². The highest BCUT2D eigenvalue weighted by Crippen LogP contribution is 2.45. The average Bonchev–Trinajstić information content (AvgIpc) is 1.78. The van der Waals surface area contributed by atoms with Crippen LogP contribution in [0.1, 0.15) is 427 Å². The first-order valence-electron chi connectivity index (χ1n) is 42.1. The topological polar surface area (TPSA) is 94.3 Å². The van der Waals surface area contributed by atoms with E-state index in [1.807, 2.05) is 0 Å². The average molecular weight is 1330 g/mol. The van der Waals surface area contributed by atoms with Gasteiger partial charge in [0.25, 0.3) is 0 Å². The number of hydrogen-bond acceptors (Lipinski definition) is 9. The Morgan fingerprint density at radius 1 is 0.200 bits per heavy atom. The molecule has 9 nitrogen and oxygen atoms in total. The van der Waals surface area contributed by atoms with Crippen LogP contribution in [0.5, 0.6) is 34.5 Å². The first kappa shape index (κ1) is 85.6. The zero-order valence-electron chi connectivity index (χ0n) is 63.7. The van der Waals surface area contributed by atoms with Crippen LogP contribution in [-0.4, -0.2) is 49.8 Å². The SMILES string of the molecule is CCCCCCCCCCCCOc1cc(-c2nnc(-c3cc(OCCCCCCCCCCCC)c(OCCCCCCCCCCCC)c(OCCCCCCCCCCCC)c3)o2)cc(OCCCCCCCCCCCC)c1OCCCCCCCCCCCC. The van der Waals surface area contributed by atoms with Crippen LogP contribution in [0.2, 0.25) is 0 Å². The Balaban J connectivity index is 1.98. The number of benzene rings is 2. The van der Waals surface area contributed by atoms with Crippen LogP contribution in [0, 0.1) is 0 Å². The van der Waals surface area contributed by atoms with Crippen molar-refractivity contribution >= 4 is 0 Å². The standard InChI is InChI=1S/C86H154N2O7/c1-7-13-19-25-31-37-43-49-55-61-67-89-79-73-77(74-80(90-68-62-56-50-44-38-32-26-20-14-8-2)83(79)93-71-65-59-53-47-41-35-29-23-17-11-5)85-87-88-86(95-85)78-75-81(91-69-63-57-51-45-39-33-27-21-15-9-3)84(94-72-66-60-54-48-42-36-30-24-18-12-6)82(76-78)92-70-64-58-52-46-40-34-28-22-16-10-4/h73-76H,7-72H2,1-6H3. The van der Waals surface area contributed by atoms with Crippen molar-refractivity contribution in [3.8, 4) is 57.4 Å². The second-order valence-corrected chi connectivity index (χ2v) is 28.7. The molecule has 3 aromatic rings. The molecule has 550 valence electrons. The Kier molecular flexibility index (Phi) is 58.6. The van der Waals surface area contributed by atoms with E-state index in [4.69, 9.17) is 43.0 Å². The van der Waals surface area contributed by atoms with Gasteiger partial charge in [0.2, 0.25) is 23.3 Å². The van der Waals surface area contributed by atoms with Crippen LogP contribution in [0.3, 0.4) is 0 Å². The van der Waals surface area contributed by atoms with Gasteiger partial charge in [-0.3, -0.25) is 0 Å². The summed E-state index contributed by atoms with van der Waals surface area (Å²) in [6.45, 7) is 17.5. The lowest BCUT2D eigenvalue weighted by Gasteiger charge is -2.19. The van der Waals surface area contributed by atoms with Crippen molar-refractivity contribution in [1.82, 2.24) is 10.2 Å². The fraction of sp³-hybridized carbons (Fsp3) is 0.837. The van der Waals surface area contributed by atoms with Crippen molar-refractivity contribution in [3.63, 3.8) is 0 Å². The number of hydrogen-bond donors (Lipinski definition) is 0. The summed E-state index contributed by atoms with van der Waals surface area (Å²) in [5.41, 5.74) is 1.52. The normalized spacial score (nSPS) is 11.5. The monoisotopic (exact) mass is 1330 g/mol. The summed E-state index contributed by atoms with van der Waals surface area (Å²) in [5.74, 6) is 4.99. The van der Waals surface area contributed by atoms with Gasteiger partial charge in [0, 0.05) is 11.1 Å². The maximum Gasteiger partial charge on any atom is 0.248 e. The molecule has 0 aliphatic carbocycles. The smallest absolute Gasteiger partial charge is 0.248 e. The summed E-state index contributed by atoms with van der Waals surface area (Å²) in [6.07, 6.45) is 76.6. The van der Waals surface area contributed by atoms with Crippen LogP contribution in [0.25, 0.3) is 22.9 Å². The largest absolute Gasteiger partial charge is 0.490 e. The van der Waals surface area contributed by atoms with E-state index in [0.29, 0.717) is 85.9 Å². The van der Waals surface area contributed by atoms with Crippen LogP contribution in [0.15, 0.2) is 28.7 Å². The minimum absolute atomic E-state index is 0.413. The number of aromatic nitrogens is 2. The molecule has 95 heavy (non-hydrogen) atoms. The zero-order valence-corrected chi connectivity index (χ0v) is 63.7. The first-order valence-corrected chi connectivity index (χ1v) is 42.1. The van der Waals surface area contributed by atoms with Crippen molar-refractivity contribution in [1.29, 1.82) is 0 Å². The Bertz CT molecular complexity index is 1870. The number of nitrogens with zero attached hydrogens (tertiary/aromatic N) is 2. The van der Waals surface area contributed by atoms with E-state index in [2.05, 4.69) is 65.8 Å². The van der Waals surface area contributed by atoms with Gasteiger partial charge in [-0.15, -0.1) is 10.2 Å². The highest BCUT2D eigenvalue weighted by Gasteiger charge is 2.23. The van der Waals surface area contributed by atoms with E-state index in [1.54, 1.807) is 0 Å². The van der Waals surface area contributed by atoms with Crippen LogP contribution in [-0.2, 0) is 0 Å². The maximum absolute atomic E-state index is 6.83. The number of rotatable bonds is 74. The summed E-state index contributed by atoms with van der Waals surface area (Å²) in [4.78, 5) is 0. The van der Waals surface area contributed by atoms with Crippen LogP contribution < -0.4 is 28.4 Å². The van der Waals surface area contributed by atoms with Gasteiger partial charge in [-0.2, -0.15) is 0 Å². The highest BCUT2D eigenvalue weighted by atomic mass is 16.5. The molecule has 0 fully saturated rings. The van der Waals surface area contributed by atoms with E-state index in [0.717, 1.165) is 88.2 Å². The molecule has 0 radical (unpaired) electrons. The van der Waals surface area contributed by atoms with Gasteiger partial charge in [0.1, 0.15) is 0 Å². The molecule has 2 aromatic carbocycles. The molecule has 0 bridgehead atoms. The Labute approximate surface area is 588 Å². The van der Waals surface area contributed by atoms with Crippen molar-refractivity contribution in [2.24, 2.45) is 0 Å². The van der Waals surface area contributed by atoms with E-state index in [-0.39, 0.29) is 0 Å². The third-order valence-corrected chi connectivity index (χ3v) is 19.5. The van der Waals surface area contributed by atoms with Gasteiger partial charge in [-0.05, 0) is 62.8 Å². The molecule has 3 rings (SSSR count). The summed E-state index contributed by atoms with van der Waals surface area (Å²) in [7, 11) is 0. The van der Waals surface area contributed by atoms with E-state index < -0.39 is 0 Å². The molecule has 0 aliphatic rings. The minimum Gasteiger partial charge on any atom is -0.490 e. The van der Waals surface area contributed by atoms with Crippen molar-refractivity contribution < 1.29 is 32.8 Å². The van der Waals surface area contributed by atoms with Gasteiger partial charge >= 0.3 is 0 Å². The molecule has 0 aliphatic heterocycles. The second kappa shape index (κ2) is 65.0. The third kappa shape index (κ3) is 46.4. The van der Waals surface area contributed by atoms with Crippen molar-refractivity contribution in [2.75, 3.05) is 39.6 Å². The molecule has 0 saturated carbocycles. The minimum atomic E-state index is 0.413. The van der Waals surface area contributed by atoms with Gasteiger partial charge < -0.3 is 32.8 Å². The predicted molar refractivity (Wildman–Crippen MR) is 409 cm³/mol. The summed E-state index contributed by atoms with van der Waals surface area (Å²) in [6, 6.07) is 8.23. The summed E-state index contributed by atoms with van der Waals surface area (Å²) in [5, 5.41) is 9.61. The van der Waals surface area contributed by atoms with E-state index >= 15 is 0 Å². The molecule has 0 saturated heterocycles. The molecule has 1 aromatic heterocycles. The van der Waals surface area contributed by atoms with E-state index in [9.17, 15) is 0 Å². The van der Waals surface area contributed by atoms with Crippen molar-refractivity contribution in [3.05, 3.63) is 24.3 Å². The lowest BCUT2D eigenvalue weighted by atomic mass is 10.1. The van der Waals surface area contributed by atoms with Gasteiger partial charge in [0.15, 0.2) is 23.0 Å².